The number of carbonyl (C=O) groups is 1. The van der Waals surface area contributed by atoms with Crippen molar-refractivity contribution in [2.24, 2.45) is 4.99 Å². The number of likely N-dealkylation sites (tertiary alicyclic amines) is 1. The van der Waals surface area contributed by atoms with Crippen LogP contribution in [0.5, 0.6) is 0 Å². The van der Waals surface area contributed by atoms with Crippen LogP contribution in [0, 0.1) is 17.5 Å². The van der Waals surface area contributed by atoms with Gasteiger partial charge in [0.1, 0.15) is 23.4 Å². The molecule has 0 spiro atoms. The zero-order chi connectivity index (χ0) is 24.7. The lowest BCUT2D eigenvalue weighted by Crippen LogP contribution is -2.46. The van der Waals surface area contributed by atoms with Gasteiger partial charge in [-0.1, -0.05) is 17.7 Å². The summed E-state index contributed by atoms with van der Waals surface area (Å²) in [5, 5.41) is 3.07. The summed E-state index contributed by atoms with van der Waals surface area (Å²) >= 11 is 6.34. The number of hydrogen-bond acceptors (Lipinski definition) is 7. The van der Waals surface area contributed by atoms with Crippen LogP contribution < -0.4 is 5.32 Å². The summed E-state index contributed by atoms with van der Waals surface area (Å²) in [4.78, 5) is 23.5. The first kappa shape index (κ1) is 23.8. The van der Waals surface area contributed by atoms with Gasteiger partial charge in [-0.3, -0.25) is 9.89 Å². The lowest BCUT2D eigenvalue weighted by molar-refractivity contribution is -0.136. The van der Waals surface area contributed by atoms with E-state index in [9.17, 15) is 18.0 Å². The van der Waals surface area contributed by atoms with Gasteiger partial charge in [0.25, 0.3) is 0 Å². The Hall–Kier alpha value is -2.95. The highest BCUT2D eigenvalue weighted by atomic mass is 35.5. The number of aliphatic imine (C=N–C) groups is 1. The number of aromatic nitrogens is 1. The third-order valence-electron chi connectivity index (χ3n) is 6.32. The molecule has 2 fully saturated rings. The summed E-state index contributed by atoms with van der Waals surface area (Å²) in [7, 11) is 1.24. The van der Waals surface area contributed by atoms with Gasteiger partial charge in [0.05, 0.1) is 31.1 Å². The predicted molar refractivity (Wildman–Crippen MR) is 121 cm³/mol. The Labute approximate surface area is 204 Å². The molecule has 3 atom stereocenters. The lowest BCUT2D eigenvalue weighted by atomic mass is 9.94. The third-order valence-corrected chi connectivity index (χ3v) is 6.65. The Morgan fingerprint density at radius 1 is 1.20 bits per heavy atom. The molecule has 0 amide bonds. The molecule has 1 aromatic carbocycles. The van der Waals surface area contributed by atoms with E-state index in [1.54, 1.807) is 0 Å². The molecule has 1 aromatic heterocycles. The minimum atomic E-state index is -1.04. The molecule has 2 bridgehead atoms. The fraction of sp³-hybridized carbons (Fsp3) is 0.375. The molecule has 35 heavy (non-hydrogen) atoms. The van der Waals surface area contributed by atoms with E-state index in [1.807, 2.05) is 0 Å². The molecule has 2 aromatic rings. The summed E-state index contributed by atoms with van der Waals surface area (Å²) in [6.45, 7) is 1.61. The van der Waals surface area contributed by atoms with Gasteiger partial charge in [-0.05, 0) is 25.0 Å². The van der Waals surface area contributed by atoms with E-state index in [2.05, 4.69) is 20.2 Å². The lowest BCUT2D eigenvalue weighted by Gasteiger charge is -2.35. The van der Waals surface area contributed by atoms with Crippen LogP contribution in [0.2, 0.25) is 5.02 Å². The number of nitrogens with one attached hydrogen (secondary N) is 1. The summed E-state index contributed by atoms with van der Waals surface area (Å²) in [6, 6.07) is 3.39. The van der Waals surface area contributed by atoms with Crippen molar-refractivity contribution in [3.8, 4) is 0 Å². The van der Waals surface area contributed by atoms with Gasteiger partial charge in [-0.15, -0.1) is 0 Å². The molecule has 5 rings (SSSR count). The molecule has 11 heteroatoms. The van der Waals surface area contributed by atoms with E-state index in [0.717, 1.165) is 25.1 Å². The minimum absolute atomic E-state index is 0.00761. The Morgan fingerprint density at radius 3 is 2.60 bits per heavy atom. The monoisotopic (exact) mass is 506 g/mol. The van der Waals surface area contributed by atoms with Crippen LogP contribution in [0.25, 0.3) is 0 Å². The number of carbonyl (C=O) groups excluding carboxylic acids is 1. The van der Waals surface area contributed by atoms with E-state index < -0.39 is 29.5 Å². The van der Waals surface area contributed by atoms with Crippen LogP contribution in [0.4, 0.5) is 13.2 Å². The average Bonchev–Trinajstić information content (AvgIpc) is 3.16. The first-order valence-corrected chi connectivity index (χ1v) is 11.5. The zero-order valence-corrected chi connectivity index (χ0v) is 19.5. The van der Waals surface area contributed by atoms with Crippen molar-refractivity contribution < 1.29 is 27.4 Å². The highest BCUT2D eigenvalue weighted by Crippen LogP contribution is 2.37. The van der Waals surface area contributed by atoms with E-state index in [-0.39, 0.29) is 40.9 Å². The number of hydrogen-bond donors (Lipinski definition) is 1. The quantitative estimate of drug-likeness (QED) is 0.625. The average molecular weight is 507 g/mol. The van der Waals surface area contributed by atoms with Crippen molar-refractivity contribution in [3.63, 3.8) is 0 Å². The SMILES string of the molecule is COC(=O)C1=C(CN2CC3CC[C@H](C2)O3)NC(c2ncc(F)cc2F)=N[C@H]1c1ccc(F)cc1Cl. The number of amidine groups is 1. The van der Waals surface area contributed by atoms with Gasteiger partial charge in [-0.25, -0.2) is 22.9 Å². The number of pyridine rings is 1. The maximum atomic E-state index is 14.7. The van der Waals surface area contributed by atoms with Crippen molar-refractivity contribution in [1.29, 1.82) is 0 Å². The Bertz CT molecular complexity index is 1230. The van der Waals surface area contributed by atoms with E-state index in [0.29, 0.717) is 30.4 Å². The van der Waals surface area contributed by atoms with Crippen molar-refractivity contribution in [1.82, 2.24) is 15.2 Å². The fourth-order valence-corrected chi connectivity index (χ4v) is 5.05. The van der Waals surface area contributed by atoms with Gasteiger partial charge in [0, 0.05) is 42.0 Å². The van der Waals surface area contributed by atoms with Gasteiger partial charge in [-0.2, -0.15) is 0 Å². The highest BCUT2D eigenvalue weighted by molar-refractivity contribution is 6.31. The number of fused-ring (bicyclic) bond motifs is 2. The second-order valence-corrected chi connectivity index (χ2v) is 9.10. The van der Waals surface area contributed by atoms with Crippen LogP contribution in [0.3, 0.4) is 0 Å². The molecule has 4 heterocycles. The predicted octanol–water partition coefficient (Wildman–Crippen LogP) is 3.53. The standard InChI is InChI=1S/C24H22ClF3N4O3/c1-34-24(33)20-19(11-32-9-14-3-4-15(10-32)35-14)30-23(22-18(28)7-13(27)8-29-22)31-21(20)16-5-2-12(26)6-17(16)25/h2,5-8,14-15,21H,3-4,9-11H2,1H3,(H,30,31)/t14-,15?,21+/m1/s1. The maximum Gasteiger partial charge on any atom is 0.338 e. The second-order valence-electron chi connectivity index (χ2n) is 8.69. The molecule has 2 saturated heterocycles. The van der Waals surface area contributed by atoms with Gasteiger partial charge >= 0.3 is 5.97 Å². The van der Waals surface area contributed by atoms with E-state index in [1.165, 1.54) is 19.2 Å². The molecule has 0 radical (unpaired) electrons. The van der Waals surface area contributed by atoms with Crippen molar-refractivity contribution in [2.45, 2.75) is 31.1 Å². The number of nitrogens with zero attached hydrogens (tertiary/aromatic N) is 3. The molecule has 0 saturated carbocycles. The van der Waals surface area contributed by atoms with Gasteiger partial charge in [0.2, 0.25) is 0 Å². The first-order valence-electron chi connectivity index (χ1n) is 11.1. The molecule has 1 unspecified atom stereocenters. The van der Waals surface area contributed by atoms with Crippen LogP contribution in [-0.4, -0.2) is 60.6 Å². The molecule has 3 aliphatic rings. The largest absolute Gasteiger partial charge is 0.466 e. The number of ether oxygens (including phenoxy) is 2. The Balaban J connectivity index is 1.61. The minimum Gasteiger partial charge on any atom is -0.466 e. The Morgan fingerprint density at radius 2 is 1.94 bits per heavy atom. The molecular formula is C24H22ClF3N4O3. The summed E-state index contributed by atoms with van der Waals surface area (Å²) in [5.41, 5.74) is 0.679. The number of morpholine rings is 1. The molecular weight excluding hydrogens is 485 g/mol. The van der Waals surface area contributed by atoms with Crippen LogP contribution in [0.15, 0.2) is 46.7 Å². The number of methoxy groups -OCH3 is 1. The van der Waals surface area contributed by atoms with E-state index >= 15 is 0 Å². The number of benzene rings is 1. The summed E-state index contributed by atoms with van der Waals surface area (Å²) < 4.78 is 52.9. The smallest absolute Gasteiger partial charge is 0.338 e. The van der Waals surface area contributed by atoms with E-state index in [4.69, 9.17) is 21.1 Å². The molecule has 3 aliphatic heterocycles. The van der Waals surface area contributed by atoms with Crippen molar-refractivity contribution in [3.05, 3.63) is 75.5 Å². The highest BCUT2D eigenvalue weighted by Gasteiger charge is 2.38. The molecule has 184 valence electrons. The molecule has 7 nitrogen and oxygen atoms in total. The van der Waals surface area contributed by atoms with Crippen molar-refractivity contribution >= 4 is 23.4 Å². The Kier molecular flexibility index (Phi) is 6.52. The topological polar surface area (TPSA) is 76.0 Å². The second kappa shape index (κ2) is 9.60. The van der Waals surface area contributed by atoms with Crippen LogP contribution >= 0.6 is 11.6 Å². The maximum absolute atomic E-state index is 14.7. The number of rotatable bonds is 5. The normalized spacial score (nSPS) is 24.3. The zero-order valence-electron chi connectivity index (χ0n) is 18.7. The first-order chi connectivity index (χ1) is 16.8. The van der Waals surface area contributed by atoms with Gasteiger partial charge < -0.3 is 14.8 Å². The summed E-state index contributed by atoms with van der Waals surface area (Å²) in [5.74, 6) is -2.99. The summed E-state index contributed by atoms with van der Waals surface area (Å²) in [6.07, 6.45) is 3.00. The number of esters is 1. The third kappa shape index (κ3) is 4.78. The number of halogens is 4. The molecule has 0 aliphatic carbocycles. The van der Waals surface area contributed by atoms with Crippen molar-refractivity contribution in [2.75, 3.05) is 26.7 Å². The van der Waals surface area contributed by atoms with Crippen LogP contribution in [0.1, 0.15) is 30.1 Å². The van der Waals surface area contributed by atoms with Crippen LogP contribution in [-0.2, 0) is 14.3 Å². The molecule has 1 N–H and O–H groups in total. The fourth-order valence-electron chi connectivity index (χ4n) is 4.78. The van der Waals surface area contributed by atoms with Gasteiger partial charge in [0.15, 0.2) is 11.7 Å².